The second-order valence-electron chi connectivity index (χ2n) is 9.45. The second kappa shape index (κ2) is 11.9. The first-order chi connectivity index (χ1) is 17.8. The number of ether oxygens (including phenoxy) is 1. The van der Waals surface area contributed by atoms with Crippen LogP contribution in [0.1, 0.15) is 34.6 Å². The van der Waals surface area contributed by atoms with Crippen molar-refractivity contribution in [3.63, 3.8) is 0 Å². The molecule has 4 rings (SSSR count). The lowest BCUT2D eigenvalue weighted by Gasteiger charge is -2.30. The fraction of sp³-hybridized carbons (Fsp3) is 0.357. The molecule has 1 aliphatic carbocycles. The number of nitrogens with one attached hydrogen (secondary N) is 1. The average molecular weight is 524 g/mol. The number of aromatic nitrogens is 1. The topological polar surface area (TPSA) is 109 Å². The molecule has 1 aromatic heterocycles. The van der Waals surface area contributed by atoms with Crippen LogP contribution >= 0.6 is 0 Å². The number of pyridine rings is 1. The van der Waals surface area contributed by atoms with Crippen molar-refractivity contribution in [3.8, 4) is 5.75 Å². The highest BCUT2D eigenvalue weighted by molar-refractivity contribution is 7.89. The molecule has 0 bridgehead atoms. The summed E-state index contributed by atoms with van der Waals surface area (Å²) in [5.41, 5.74) is 1.85. The number of benzene rings is 2. The minimum atomic E-state index is -3.91. The van der Waals surface area contributed by atoms with Crippen LogP contribution in [-0.4, -0.2) is 61.1 Å². The number of nitrogens with zero attached hydrogens (tertiary/aromatic N) is 2. The number of rotatable bonds is 12. The molecule has 2 aromatic carbocycles. The zero-order valence-electron chi connectivity index (χ0n) is 21.1. The number of aliphatic hydroxyl groups excluding tert-OH is 1. The Kier molecular flexibility index (Phi) is 8.58. The van der Waals surface area contributed by atoms with Crippen LogP contribution in [0.5, 0.6) is 5.75 Å². The number of sulfonamides is 1. The smallest absolute Gasteiger partial charge is 0.270 e. The Morgan fingerprint density at radius 3 is 2.51 bits per heavy atom. The minimum Gasteiger partial charge on any atom is -0.497 e. The lowest BCUT2D eigenvalue weighted by atomic mass is 10.0. The fourth-order valence-corrected chi connectivity index (χ4v) is 5.74. The van der Waals surface area contributed by atoms with Gasteiger partial charge in [-0.05, 0) is 61.9 Å². The number of hydrogen-bond acceptors (Lipinski definition) is 6. The fourth-order valence-electron chi connectivity index (χ4n) is 4.17. The van der Waals surface area contributed by atoms with Gasteiger partial charge in [-0.2, -0.15) is 4.31 Å². The number of aliphatic hydroxyl groups is 1. The summed E-state index contributed by atoms with van der Waals surface area (Å²) in [5, 5.41) is 14.3. The van der Waals surface area contributed by atoms with Gasteiger partial charge >= 0.3 is 0 Å². The van der Waals surface area contributed by atoms with Gasteiger partial charge in [0, 0.05) is 24.8 Å². The van der Waals surface area contributed by atoms with E-state index in [4.69, 9.17) is 4.74 Å². The van der Waals surface area contributed by atoms with Gasteiger partial charge in [0.05, 0.1) is 24.2 Å². The van der Waals surface area contributed by atoms with Crippen molar-refractivity contribution in [1.29, 1.82) is 0 Å². The summed E-state index contributed by atoms with van der Waals surface area (Å²) in [5.74, 6) is 0.271. The van der Waals surface area contributed by atoms with Gasteiger partial charge in [-0.25, -0.2) is 13.4 Å². The van der Waals surface area contributed by atoms with E-state index >= 15 is 0 Å². The average Bonchev–Trinajstić information content (AvgIpc) is 3.72. The maximum atomic E-state index is 13.6. The Morgan fingerprint density at radius 2 is 1.84 bits per heavy atom. The van der Waals surface area contributed by atoms with E-state index in [2.05, 4.69) is 10.3 Å². The van der Waals surface area contributed by atoms with Crippen LogP contribution in [0.3, 0.4) is 0 Å². The molecule has 37 heavy (non-hydrogen) atoms. The maximum absolute atomic E-state index is 13.6. The zero-order valence-corrected chi connectivity index (χ0v) is 21.9. The number of hydrogen-bond donors (Lipinski definition) is 2. The third-order valence-electron chi connectivity index (χ3n) is 6.43. The summed E-state index contributed by atoms with van der Waals surface area (Å²) in [4.78, 5) is 17.4. The van der Waals surface area contributed by atoms with Crippen molar-refractivity contribution < 1.29 is 23.1 Å². The van der Waals surface area contributed by atoms with E-state index in [1.807, 2.05) is 30.3 Å². The molecule has 0 spiro atoms. The second-order valence-corrected chi connectivity index (χ2v) is 11.4. The molecule has 9 heteroatoms. The highest BCUT2D eigenvalue weighted by Gasteiger charge is 2.35. The minimum absolute atomic E-state index is 0.104. The largest absolute Gasteiger partial charge is 0.497 e. The molecule has 0 saturated heterocycles. The van der Waals surface area contributed by atoms with Crippen molar-refractivity contribution in [1.82, 2.24) is 14.6 Å². The summed E-state index contributed by atoms with van der Waals surface area (Å²) < 4.78 is 33.8. The molecular formula is C28H33N3O5S. The van der Waals surface area contributed by atoms with Gasteiger partial charge in [0.1, 0.15) is 11.4 Å². The molecule has 1 amide bonds. The number of amides is 1. The molecule has 2 atom stereocenters. The zero-order chi connectivity index (χ0) is 26.4. The lowest BCUT2D eigenvalue weighted by Crippen LogP contribution is -2.51. The van der Waals surface area contributed by atoms with Crippen LogP contribution in [-0.2, 0) is 16.4 Å². The predicted molar refractivity (Wildman–Crippen MR) is 141 cm³/mol. The summed E-state index contributed by atoms with van der Waals surface area (Å²) in [6, 6.07) is 20.2. The maximum Gasteiger partial charge on any atom is 0.270 e. The van der Waals surface area contributed by atoms with Crippen LogP contribution in [0.2, 0.25) is 0 Å². The monoisotopic (exact) mass is 523 g/mol. The molecule has 0 aliphatic heterocycles. The van der Waals surface area contributed by atoms with Crippen molar-refractivity contribution in [2.75, 3.05) is 20.2 Å². The Labute approximate surface area is 218 Å². The van der Waals surface area contributed by atoms with Crippen LogP contribution in [0, 0.1) is 12.8 Å². The van der Waals surface area contributed by atoms with Gasteiger partial charge in [-0.3, -0.25) is 4.79 Å². The van der Waals surface area contributed by atoms with Crippen LogP contribution < -0.4 is 10.1 Å². The van der Waals surface area contributed by atoms with Crippen molar-refractivity contribution >= 4 is 15.9 Å². The number of carbonyl (C=O) groups is 1. The van der Waals surface area contributed by atoms with Crippen molar-refractivity contribution in [2.24, 2.45) is 5.92 Å². The number of aryl methyl sites for hydroxylation is 1. The first kappa shape index (κ1) is 26.8. The molecule has 2 N–H and O–H groups in total. The molecule has 1 saturated carbocycles. The Morgan fingerprint density at radius 1 is 1.11 bits per heavy atom. The van der Waals surface area contributed by atoms with Crippen molar-refractivity contribution in [3.05, 3.63) is 89.7 Å². The Balaban J connectivity index is 1.59. The first-order valence-corrected chi connectivity index (χ1v) is 13.8. The molecule has 1 heterocycles. The van der Waals surface area contributed by atoms with E-state index in [1.165, 1.54) is 23.5 Å². The van der Waals surface area contributed by atoms with Gasteiger partial charge in [-0.1, -0.05) is 42.5 Å². The van der Waals surface area contributed by atoms with Crippen molar-refractivity contribution in [2.45, 2.75) is 43.2 Å². The van der Waals surface area contributed by atoms with Gasteiger partial charge in [0.15, 0.2) is 0 Å². The molecule has 8 nitrogen and oxygen atoms in total. The van der Waals surface area contributed by atoms with Gasteiger partial charge < -0.3 is 15.2 Å². The first-order valence-electron chi connectivity index (χ1n) is 12.4. The summed E-state index contributed by atoms with van der Waals surface area (Å²) in [6.07, 6.45) is 1.07. The molecule has 1 fully saturated rings. The van der Waals surface area contributed by atoms with E-state index in [-0.39, 0.29) is 23.1 Å². The molecular weight excluding hydrogens is 490 g/mol. The van der Waals surface area contributed by atoms with Crippen LogP contribution in [0.15, 0.2) is 77.7 Å². The normalized spacial score (nSPS) is 15.2. The summed E-state index contributed by atoms with van der Waals surface area (Å²) in [6.45, 7) is 1.95. The Bertz CT molecular complexity index is 1310. The van der Waals surface area contributed by atoms with E-state index < -0.39 is 28.1 Å². The quantitative estimate of drug-likeness (QED) is 0.377. The summed E-state index contributed by atoms with van der Waals surface area (Å²) >= 11 is 0. The van der Waals surface area contributed by atoms with Gasteiger partial charge in [0.2, 0.25) is 10.0 Å². The molecule has 3 aromatic rings. The third kappa shape index (κ3) is 7.15. The van der Waals surface area contributed by atoms with Gasteiger partial charge in [0.25, 0.3) is 5.91 Å². The highest BCUT2D eigenvalue weighted by atomic mass is 32.2. The Hall–Kier alpha value is -3.27. The third-order valence-corrected chi connectivity index (χ3v) is 8.26. The lowest BCUT2D eigenvalue weighted by molar-refractivity contribution is 0.0776. The number of methoxy groups -OCH3 is 1. The van der Waals surface area contributed by atoms with E-state index in [1.54, 1.807) is 37.3 Å². The standard InChI is InChI=1S/C28H33N3O5S/c1-20-8-6-13-25(29-20)28(33)30-26(16-21-9-4-3-5-10-21)27(32)19-31(18-22-14-15-22)37(34,35)24-12-7-11-23(17-24)36-2/h3-13,17,22,26-27,32H,14-16,18-19H2,1-2H3,(H,30,33)/t26-,27+/m0/s1. The van der Waals surface area contributed by atoms with E-state index in [9.17, 15) is 18.3 Å². The highest BCUT2D eigenvalue weighted by Crippen LogP contribution is 2.32. The van der Waals surface area contributed by atoms with Crippen LogP contribution in [0.4, 0.5) is 0 Å². The van der Waals surface area contributed by atoms with E-state index in [0.29, 0.717) is 24.4 Å². The summed E-state index contributed by atoms with van der Waals surface area (Å²) in [7, 11) is -2.42. The predicted octanol–water partition coefficient (Wildman–Crippen LogP) is 3.20. The molecule has 196 valence electrons. The van der Waals surface area contributed by atoms with Gasteiger partial charge in [-0.15, -0.1) is 0 Å². The molecule has 0 radical (unpaired) electrons. The SMILES string of the molecule is COc1cccc(S(=O)(=O)N(CC2CC2)C[C@@H](O)[C@H](Cc2ccccc2)NC(=O)c2cccc(C)n2)c1. The van der Waals surface area contributed by atoms with Crippen LogP contribution in [0.25, 0.3) is 0 Å². The number of carbonyl (C=O) groups excluding carboxylic acids is 1. The molecule has 1 aliphatic rings. The molecule has 0 unspecified atom stereocenters. The van der Waals surface area contributed by atoms with E-state index in [0.717, 1.165) is 18.4 Å².